The van der Waals surface area contributed by atoms with Crippen molar-refractivity contribution in [2.24, 2.45) is 13.0 Å². The fourth-order valence-corrected chi connectivity index (χ4v) is 3.10. The van der Waals surface area contributed by atoms with Crippen LogP contribution in [0.1, 0.15) is 37.6 Å². The number of rotatable bonds is 4. The Hall–Kier alpha value is -0.870. The minimum Gasteiger partial charge on any atom is -0.312 e. The van der Waals surface area contributed by atoms with Gasteiger partial charge in [0.05, 0.1) is 11.4 Å². The van der Waals surface area contributed by atoms with E-state index in [1.54, 1.807) is 0 Å². The summed E-state index contributed by atoms with van der Waals surface area (Å²) in [6.45, 7) is 6.82. The summed E-state index contributed by atoms with van der Waals surface area (Å²) in [4.78, 5) is 2.61. The first-order valence-electron chi connectivity index (χ1n) is 7.73. The van der Waals surface area contributed by atoms with Gasteiger partial charge in [0.2, 0.25) is 0 Å². The summed E-state index contributed by atoms with van der Waals surface area (Å²) in [6, 6.07) is 2.99. The minimum absolute atomic E-state index is 0.723. The van der Waals surface area contributed by atoms with Crippen LogP contribution in [0.2, 0.25) is 0 Å². The monoisotopic (exact) mass is 262 g/mol. The molecule has 1 aliphatic heterocycles. The molecular weight excluding hydrogens is 236 g/mol. The van der Waals surface area contributed by atoms with Gasteiger partial charge in [-0.2, -0.15) is 5.10 Å². The zero-order valence-electron chi connectivity index (χ0n) is 12.2. The van der Waals surface area contributed by atoms with E-state index < -0.39 is 0 Å². The summed E-state index contributed by atoms with van der Waals surface area (Å²) in [5, 5.41) is 8.29. The molecule has 19 heavy (non-hydrogen) atoms. The van der Waals surface area contributed by atoms with Crippen molar-refractivity contribution in [3.8, 4) is 0 Å². The minimum atomic E-state index is 0.723. The molecule has 1 atom stereocenters. The second kappa shape index (κ2) is 5.63. The zero-order chi connectivity index (χ0) is 13.2. The average Bonchev–Trinajstić information content (AvgIpc) is 3.19. The summed E-state index contributed by atoms with van der Waals surface area (Å²) >= 11 is 0. The van der Waals surface area contributed by atoms with E-state index in [0.717, 1.165) is 24.9 Å². The topological polar surface area (TPSA) is 33.1 Å². The number of hydrogen-bond donors (Lipinski definition) is 1. The molecule has 4 nitrogen and oxygen atoms in total. The first kappa shape index (κ1) is 13.1. The maximum atomic E-state index is 4.56. The van der Waals surface area contributed by atoms with Crippen molar-refractivity contribution < 1.29 is 0 Å². The van der Waals surface area contributed by atoms with Crippen LogP contribution in [0.15, 0.2) is 6.07 Å². The number of nitrogens with zero attached hydrogens (tertiary/aromatic N) is 3. The molecule has 3 rings (SSSR count). The molecule has 1 unspecified atom stereocenters. The lowest BCUT2D eigenvalue weighted by atomic mass is 10.1. The highest BCUT2D eigenvalue weighted by Crippen LogP contribution is 2.33. The first-order valence-corrected chi connectivity index (χ1v) is 7.73. The molecule has 0 aromatic carbocycles. The van der Waals surface area contributed by atoms with Gasteiger partial charge in [0.1, 0.15) is 0 Å². The molecule has 1 N–H and O–H groups in total. The van der Waals surface area contributed by atoms with Crippen LogP contribution < -0.4 is 5.32 Å². The average molecular weight is 262 g/mol. The molecule has 4 heteroatoms. The van der Waals surface area contributed by atoms with Gasteiger partial charge in [-0.3, -0.25) is 9.58 Å². The van der Waals surface area contributed by atoms with E-state index in [-0.39, 0.29) is 0 Å². The third-order valence-electron chi connectivity index (χ3n) is 4.48. The van der Waals surface area contributed by atoms with Crippen LogP contribution in [0.5, 0.6) is 0 Å². The van der Waals surface area contributed by atoms with Crippen LogP contribution in [-0.2, 0) is 20.0 Å². The van der Waals surface area contributed by atoms with Crippen molar-refractivity contribution in [3.63, 3.8) is 0 Å². The maximum absolute atomic E-state index is 4.56. The summed E-state index contributed by atoms with van der Waals surface area (Å²) in [5.74, 6) is 0.943. The molecule has 2 aliphatic rings. The molecule has 106 valence electrons. The maximum Gasteiger partial charge on any atom is 0.0625 e. The van der Waals surface area contributed by atoms with Gasteiger partial charge in [0, 0.05) is 26.2 Å². The van der Waals surface area contributed by atoms with Gasteiger partial charge in [-0.1, -0.05) is 6.92 Å². The molecule has 1 saturated carbocycles. The van der Waals surface area contributed by atoms with Crippen LogP contribution >= 0.6 is 0 Å². The highest BCUT2D eigenvalue weighted by Gasteiger charge is 2.33. The molecule has 0 radical (unpaired) electrons. The standard InChI is InChI=1S/C15H26N4/c1-3-13-9-14(18(2)17-13)10-19-8-4-7-16-15(11-19)12-5-6-12/h9,12,15-16H,3-8,10-11H2,1-2H3. The molecular formula is C15H26N4. The van der Waals surface area contributed by atoms with Crippen molar-refractivity contribution in [2.75, 3.05) is 19.6 Å². The molecule has 0 spiro atoms. The summed E-state index contributed by atoms with van der Waals surface area (Å²) in [7, 11) is 2.07. The van der Waals surface area contributed by atoms with Crippen LogP contribution in [0.25, 0.3) is 0 Å². The zero-order valence-corrected chi connectivity index (χ0v) is 12.2. The lowest BCUT2D eigenvalue weighted by Crippen LogP contribution is -2.39. The van der Waals surface area contributed by atoms with Crippen molar-refractivity contribution in [1.82, 2.24) is 20.0 Å². The van der Waals surface area contributed by atoms with E-state index >= 15 is 0 Å². The second-order valence-electron chi connectivity index (χ2n) is 6.09. The number of aromatic nitrogens is 2. The predicted molar refractivity (Wildman–Crippen MR) is 77.0 cm³/mol. The largest absolute Gasteiger partial charge is 0.312 e. The first-order chi connectivity index (χ1) is 9.26. The van der Waals surface area contributed by atoms with Gasteiger partial charge in [-0.05, 0) is 50.8 Å². The molecule has 1 saturated heterocycles. The molecule has 2 fully saturated rings. The summed E-state index contributed by atoms with van der Waals surface area (Å²) < 4.78 is 2.06. The van der Waals surface area contributed by atoms with E-state index in [0.29, 0.717) is 0 Å². The summed E-state index contributed by atoms with van der Waals surface area (Å²) in [5.41, 5.74) is 2.57. The van der Waals surface area contributed by atoms with E-state index in [2.05, 4.69) is 40.0 Å². The third kappa shape index (κ3) is 3.18. The van der Waals surface area contributed by atoms with Gasteiger partial charge in [0.15, 0.2) is 0 Å². The predicted octanol–water partition coefficient (Wildman–Crippen LogP) is 1.56. The van der Waals surface area contributed by atoms with Gasteiger partial charge < -0.3 is 5.32 Å². The smallest absolute Gasteiger partial charge is 0.0625 e. The highest BCUT2D eigenvalue weighted by atomic mass is 15.3. The second-order valence-corrected chi connectivity index (χ2v) is 6.09. The number of nitrogens with one attached hydrogen (secondary N) is 1. The van der Waals surface area contributed by atoms with Crippen molar-refractivity contribution in [3.05, 3.63) is 17.5 Å². The fourth-order valence-electron chi connectivity index (χ4n) is 3.10. The van der Waals surface area contributed by atoms with Crippen LogP contribution in [0, 0.1) is 5.92 Å². The van der Waals surface area contributed by atoms with Crippen LogP contribution in [-0.4, -0.2) is 40.4 Å². The Bertz CT molecular complexity index is 422. The van der Waals surface area contributed by atoms with E-state index in [1.165, 1.54) is 50.3 Å². The molecule has 0 amide bonds. The summed E-state index contributed by atoms with van der Waals surface area (Å²) in [6.07, 6.45) is 5.15. The van der Waals surface area contributed by atoms with E-state index in [9.17, 15) is 0 Å². The van der Waals surface area contributed by atoms with Gasteiger partial charge >= 0.3 is 0 Å². The number of aryl methyl sites for hydroxylation is 2. The van der Waals surface area contributed by atoms with Gasteiger partial charge in [0.25, 0.3) is 0 Å². The Morgan fingerprint density at radius 2 is 2.26 bits per heavy atom. The molecule has 1 aromatic heterocycles. The lowest BCUT2D eigenvalue weighted by molar-refractivity contribution is 0.245. The SMILES string of the molecule is CCc1cc(CN2CCCNC(C3CC3)C2)n(C)n1. The van der Waals surface area contributed by atoms with Gasteiger partial charge in [-0.25, -0.2) is 0 Å². The quantitative estimate of drug-likeness (QED) is 0.894. The number of hydrogen-bond acceptors (Lipinski definition) is 3. The van der Waals surface area contributed by atoms with E-state index in [4.69, 9.17) is 0 Å². The van der Waals surface area contributed by atoms with E-state index in [1.807, 2.05) is 0 Å². The van der Waals surface area contributed by atoms with Crippen molar-refractivity contribution >= 4 is 0 Å². The molecule has 1 aromatic rings. The Kier molecular flexibility index (Phi) is 3.89. The molecule has 2 heterocycles. The molecule has 0 bridgehead atoms. The Labute approximate surface area is 116 Å². The Morgan fingerprint density at radius 1 is 1.42 bits per heavy atom. The normalized spacial score (nSPS) is 25.5. The lowest BCUT2D eigenvalue weighted by Gasteiger charge is -2.24. The van der Waals surface area contributed by atoms with Crippen LogP contribution in [0.3, 0.4) is 0 Å². The van der Waals surface area contributed by atoms with Gasteiger partial charge in [-0.15, -0.1) is 0 Å². The molecule has 1 aliphatic carbocycles. The fraction of sp³-hybridized carbons (Fsp3) is 0.800. The van der Waals surface area contributed by atoms with Crippen LogP contribution in [0.4, 0.5) is 0 Å². The Balaban J connectivity index is 1.64. The highest BCUT2D eigenvalue weighted by molar-refractivity contribution is 5.10. The third-order valence-corrected chi connectivity index (χ3v) is 4.48. The van der Waals surface area contributed by atoms with Crippen molar-refractivity contribution in [2.45, 2.75) is 45.2 Å². The van der Waals surface area contributed by atoms with Crippen molar-refractivity contribution in [1.29, 1.82) is 0 Å². The Morgan fingerprint density at radius 3 is 2.95 bits per heavy atom.